The highest BCUT2D eigenvalue weighted by Gasteiger charge is 2.36. The van der Waals surface area contributed by atoms with Crippen LogP contribution in [-0.2, 0) is 10.0 Å². The van der Waals surface area contributed by atoms with E-state index in [9.17, 15) is 8.42 Å². The number of fused-ring (bicyclic) bond motifs is 1. The molecule has 0 radical (unpaired) electrons. The summed E-state index contributed by atoms with van der Waals surface area (Å²) in [5.41, 5.74) is 1.62. The van der Waals surface area contributed by atoms with Gasteiger partial charge >= 0.3 is 0 Å². The van der Waals surface area contributed by atoms with Crippen LogP contribution in [0.4, 0.5) is 0 Å². The Morgan fingerprint density at radius 3 is 2.69 bits per heavy atom. The fraction of sp³-hybridized carbons (Fsp3) is 0.278. The predicted molar refractivity (Wildman–Crippen MR) is 105 cm³/mol. The Kier molecular flexibility index (Phi) is 4.75. The topological polar surface area (TPSA) is 53.5 Å². The van der Waals surface area contributed by atoms with Gasteiger partial charge in [0.1, 0.15) is 0 Å². The molecule has 1 aliphatic rings. The first-order valence-corrected chi connectivity index (χ1v) is 10.9. The van der Waals surface area contributed by atoms with Gasteiger partial charge in [-0.2, -0.15) is 4.31 Å². The number of thiazole rings is 1. The lowest BCUT2D eigenvalue weighted by Gasteiger charge is -2.39. The summed E-state index contributed by atoms with van der Waals surface area (Å²) in [6.07, 6.45) is 0. The minimum Gasteiger partial charge on any atom is -0.303 e. The average Bonchev–Trinajstić information content (AvgIpc) is 3.01. The van der Waals surface area contributed by atoms with Crippen LogP contribution in [0.5, 0.6) is 0 Å². The van der Waals surface area contributed by atoms with Gasteiger partial charge in [-0.1, -0.05) is 41.9 Å². The van der Waals surface area contributed by atoms with Crippen LogP contribution in [0.2, 0.25) is 4.47 Å². The summed E-state index contributed by atoms with van der Waals surface area (Å²) in [6, 6.07) is 14.6. The summed E-state index contributed by atoms with van der Waals surface area (Å²) in [6.45, 7) is 1.82. The standard InChI is InChI=1S/C18H18ClN3O2S2/c1-21-9-10-22(16(12-21)13-5-3-2-4-6-13)26(23,24)14-7-8-17-15(11-14)20-18(19)25-17/h2-8,11,16H,9-10,12H2,1H3. The maximum absolute atomic E-state index is 13.4. The molecular weight excluding hydrogens is 390 g/mol. The normalized spacial score (nSPS) is 19.8. The van der Waals surface area contributed by atoms with Crippen molar-refractivity contribution >= 4 is 43.2 Å². The van der Waals surface area contributed by atoms with E-state index in [-0.39, 0.29) is 10.9 Å². The molecule has 0 bridgehead atoms. The van der Waals surface area contributed by atoms with Gasteiger partial charge in [0, 0.05) is 19.6 Å². The number of hydrogen-bond donors (Lipinski definition) is 0. The van der Waals surface area contributed by atoms with Gasteiger partial charge in [-0.05, 0) is 30.8 Å². The van der Waals surface area contributed by atoms with Crippen molar-refractivity contribution < 1.29 is 8.42 Å². The van der Waals surface area contributed by atoms with E-state index in [1.807, 2.05) is 37.4 Å². The summed E-state index contributed by atoms with van der Waals surface area (Å²) in [4.78, 5) is 6.64. The van der Waals surface area contributed by atoms with Gasteiger partial charge in [0.2, 0.25) is 10.0 Å². The highest BCUT2D eigenvalue weighted by molar-refractivity contribution is 7.89. The molecule has 0 spiro atoms. The van der Waals surface area contributed by atoms with Crippen LogP contribution in [0.3, 0.4) is 0 Å². The molecule has 1 fully saturated rings. The fourth-order valence-electron chi connectivity index (χ4n) is 3.31. The van der Waals surface area contributed by atoms with Crippen LogP contribution in [0.25, 0.3) is 10.2 Å². The third kappa shape index (κ3) is 3.25. The summed E-state index contributed by atoms with van der Waals surface area (Å²) in [5.74, 6) is 0. The molecule has 1 unspecified atom stereocenters. The number of hydrogen-bond acceptors (Lipinski definition) is 5. The molecule has 2 aromatic carbocycles. The quantitative estimate of drug-likeness (QED) is 0.665. The van der Waals surface area contributed by atoms with E-state index in [4.69, 9.17) is 11.6 Å². The molecule has 136 valence electrons. The van der Waals surface area contributed by atoms with Gasteiger partial charge in [-0.25, -0.2) is 13.4 Å². The Hall–Kier alpha value is -1.51. The summed E-state index contributed by atoms with van der Waals surface area (Å²) >= 11 is 7.30. The van der Waals surface area contributed by atoms with E-state index < -0.39 is 10.0 Å². The molecule has 0 amide bonds. The number of likely N-dealkylation sites (N-methyl/N-ethyl adjacent to an activating group) is 1. The molecule has 1 aliphatic heterocycles. The summed E-state index contributed by atoms with van der Waals surface area (Å²) in [5, 5.41) is 0. The van der Waals surface area contributed by atoms with Gasteiger partial charge in [-0.3, -0.25) is 0 Å². The predicted octanol–water partition coefficient (Wildman–Crippen LogP) is 3.63. The Bertz CT molecular complexity index is 1040. The first kappa shape index (κ1) is 17.9. The lowest BCUT2D eigenvalue weighted by Crippen LogP contribution is -2.49. The molecule has 1 saturated heterocycles. The second kappa shape index (κ2) is 6.90. The van der Waals surface area contributed by atoms with E-state index in [0.717, 1.165) is 10.3 Å². The Morgan fingerprint density at radius 1 is 1.15 bits per heavy atom. The summed E-state index contributed by atoms with van der Waals surface area (Å²) < 4.78 is 29.7. The second-order valence-electron chi connectivity index (χ2n) is 6.40. The van der Waals surface area contributed by atoms with E-state index in [0.29, 0.717) is 29.6 Å². The number of rotatable bonds is 3. The van der Waals surface area contributed by atoms with Gasteiger partial charge in [0.25, 0.3) is 0 Å². The largest absolute Gasteiger partial charge is 0.303 e. The molecule has 0 aliphatic carbocycles. The minimum atomic E-state index is -3.64. The van der Waals surface area contributed by atoms with Crippen LogP contribution in [0.15, 0.2) is 53.4 Å². The first-order valence-electron chi connectivity index (χ1n) is 8.26. The highest BCUT2D eigenvalue weighted by Crippen LogP contribution is 2.33. The zero-order chi connectivity index (χ0) is 18.3. The molecule has 1 atom stereocenters. The van der Waals surface area contributed by atoms with Crippen molar-refractivity contribution in [3.63, 3.8) is 0 Å². The molecule has 2 heterocycles. The van der Waals surface area contributed by atoms with E-state index in [1.54, 1.807) is 22.5 Å². The molecule has 26 heavy (non-hydrogen) atoms. The first-order chi connectivity index (χ1) is 12.4. The molecular formula is C18H18ClN3O2S2. The van der Waals surface area contributed by atoms with Crippen molar-refractivity contribution in [2.24, 2.45) is 0 Å². The molecule has 8 heteroatoms. The maximum atomic E-state index is 13.4. The monoisotopic (exact) mass is 407 g/mol. The molecule has 0 N–H and O–H groups in total. The number of aromatic nitrogens is 1. The summed E-state index contributed by atoms with van der Waals surface area (Å²) in [7, 11) is -1.62. The van der Waals surface area contributed by atoms with E-state index >= 15 is 0 Å². The van der Waals surface area contributed by atoms with Crippen LogP contribution in [0, 0.1) is 0 Å². The maximum Gasteiger partial charge on any atom is 0.243 e. The highest BCUT2D eigenvalue weighted by atomic mass is 35.5. The number of benzene rings is 2. The lowest BCUT2D eigenvalue weighted by molar-refractivity contribution is 0.161. The SMILES string of the molecule is CN1CCN(S(=O)(=O)c2ccc3sc(Cl)nc3c2)C(c2ccccc2)C1. The zero-order valence-electron chi connectivity index (χ0n) is 14.2. The zero-order valence-corrected chi connectivity index (χ0v) is 16.6. The van der Waals surface area contributed by atoms with Crippen molar-refractivity contribution in [1.29, 1.82) is 0 Å². The lowest BCUT2D eigenvalue weighted by atomic mass is 10.1. The second-order valence-corrected chi connectivity index (χ2v) is 9.90. The van der Waals surface area contributed by atoms with E-state index in [1.165, 1.54) is 11.3 Å². The minimum absolute atomic E-state index is 0.213. The molecule has 0 saturated carbocycles. The number of piperazine rings is 1. The van der Waals surface area contributed by atoms with Crippen molar-refractivity contribution in [1.82, 2.24) is 14.2 Å². The van der Waals surface area contributed by atoms with Gasteiger partial charge in [0.05, 0.1) is 21.2 Å². The number of nitrogens with zero attached hydrogens (tertiary/aromatic N) is 3. The number of halogens is 1. The van der Waals surface area contributed by atoms with E-state index in [2.05, 4.69) is 9.88 Å². The third-order valence-corrected chi connectivity index (χ3v) is 7.70. The smallest absolute Gasteiger partial charge is 0.243 e. The third-order valence-electron chi connectivity index (χ3n) is 4.66. The average molecular weight is 408 g/mol. The van der Waals surface area contributed by atoms with Gasteiger partial charge < -0.3 is 4.90 Å². The molecule has 3 aromatic rings. The van der Waals surface area contributed by atoms with Crippen LogP contribution in [0.1, 0.15) is 11.6 Å². The van der Waals surface area contributed by atoms with Gasteiger partial charge in [-0.15, -0.1) is 11.3 Å². The van der Waals surface area contributed by atoms with Crippen molar-refractivity contribution in [3.05, 3.63) is 58.6 Å². The Morgan fingerprint density at radius 2 is 1.92 bits per heavy atom. The van der Waals surface area contributed by atoms with Crippen molar-refractivity contribution in [2.45, 2.75) is 10.9 Å². The van der Waals surface area contributed by atoms with Crippen LogP contribution >= 0.6 is 22.9 Å². The Labute approximate surface area is 161 Å². The van der Waals surface area contributed by atoms with Gasteiger partial charge in [0.15, 0.2) is 4.47 Å². The van der Waals surface area contributed by atoms with Crippen molar-refractivity contribution in [2.75, 3.05) is 26.7 Å². The molecule has 1 aromatic heterocycles. The van der Waals surface area contributed by atoms with Crippen molar-refractivity contribution in [3.8, 4) is 0 Å². The Balaban J connectivity index is 1.76. The number of sulfonamides is 1. The van der Waals surface area contributed by atoms with Crippen LogP contribution < -0.4 is 0 Å². The molecule has 4 rings (SSSR count). The fourth-order valence-corrected chi connectivity index (χ4v) is 5.94. The molecule has 5 nitrogen and oxygen atoms in total. The van der Waals surface area contributed by atoms with Crippen LogP contribution in [-0.4, -0.2) is 49.3 Å².